The highest BCUT2D eigenvalue weighted by molar-refractivity contribution is 5.82. The van der Waals surface area contributed by atoms with Gasteiger partial charge in [0, 0.05) is 18.7 Å². The molecule has 0 aliphatic carbocycles. The maximum atomic E-state index is 10.7. The van der Waals surface area contributed by atoms with Crippen LogP contribution in [0.3, 0.4) is 0 Å². The van der Waals surface area contributed by atoms with Gasteiger partial charge < -0.3 is 15.1 Å². The van der Waals surface area contributed by atoms with Crippen molar-refractivity contribution in [3.63, 3.8) is 0 Å². The van der Waals surface area contributed by atoms with Crippen LogP contribution in [0.15, 0.2) is 84.4 Å². The number of hydrogen-bond acceptors (Lipinski definition) is 3. The first kappa shape index (κ1) is 25.2. The maximum Gasteiger partial charge on any atom is 0.121 e. The van der Waals surface area contributed by atoms with Crippen LogP contribution < -0.4 is 0 Å². The Kier molecular flexibility index (Phi) is 8.10. The standard InChI is InChI=1S/C32H39NO2/c1-32(2,3)27-16-17-28(30(35)23-27)29(34)15-10-20-33-21-18-26(19-22-33)31(24-11-6-4-7-12-24)25-13-8-5-9-14-25/h4-9,11-14,16-17,23,29,34-35H,10,15,18-22H2,1-3H3. The summed E-state index contributed by atoms with van der Waals surface area (Å²) in [6, 6.07) is 27.2. The van der Waals surface area contributed by atoms with Gasteiger partial charge in [0.1, 0.15) is 5.75 Å². The number of nitrogens with zero attached hydrogens (tertiary/aromatic N) is 1. The number of hydrogen-bond donors (Lipinski definition) is 2. The highest BCUT2D eigenvalue weighted by atomic mass is 16.3. The minimum Gasteiger partial charge on any atom is -0.508 e. The summed E-state index contributed by atoms with van der Waals surface area (Å²) in [6.07, 6.45) is 3.06. The predicted molar refractivity (Wildman–Crippen MR) is 146 cm³/mol. The first-order valence-corrected chi connectivity index (χ1v) is 12.9. The summed E-state index contributed by atoms with van der Waals surface area (Å²) in [5.74, 6) is 0.201. The number of rotatable bonds is 7. The van der Waals surface area contributed by atoms with E-state index >= 15 is 0 Å². The van der Waals surface area contributed by atoms with E-state index in [9.17, 15) is 10.2 Å². The molecule has 2 N–H and O–H groups in total. The Morgan fingerprint density at radius 1 is 0.857 bits per heavy atom. The van der Waals surface area contributed by atoms with Crippen molar-refractivity contribution in [3.05, 3.63) is 107 Å². The SMILES string of the molecule is CC(C)(C)c1ccc(C(O)CCCN2CCC(=C(c3ccccc3)c3ccccc3)CC2)c(O)c1. The summed E-state index contributed by atoms with van der Waals surface area (Å²) in [5.41, 5.74) is 7.19. The van der Waals surface area contributed by atoms with Crippen molar-refractivity contribution < 1.29 is 10.2 Å². The fraction of sp³-hybridized carbons (Fsp3) is 0.375. The number of aromatic hydroxyl groups is 1. The van der Waals surface area contributed by atoms with Crippen molar-refractivity contribution in [2.24, 2.45) is 0 Å². The van der Waals surface area contributed by atoms with Gasteiger partial charge in [-0.3, -0.25) is 0 Å². The monoisotopic (exact) mass is 469 g/mol. The van der Waals surface area contributed by atoms with Crippen LogP contribution in [0.1, 0.15) is 74.8 Å². The van der Waals surface area contributed by atoms with Gasteiger partial charge in [0.2, 0.25) is 0 Å². The summed E-state index contributed by atoms with van der Waals surface area (Å²) in [7, 11) is 0. The average Bonchev–Trinajstić information content (AvgIpc) is 2.86. The molecule has 1 aliphatic rings. The van der Waals surface area contributed by atoms with Crippen LogP contribution in [0.4, 0.5) is 0 Å². The molecule has 1 aliphatic heterocycles. The van der Waals surface area contributed by atoms with Crippen LogP contribution in [0.2, 0.25) is 0 Å². The zero-order valence-electron chi connectivity index (χ0n) is 21.4. The van der Waals surface area contributed by atoms with Gasteiger partial charge in [-0.1, -0.05) is 99.1 Å². The van der Waals surface area contributed by atoms with E-state index in [4.69, 9.17) is 0 Å². The van der Waals surface area contributed by atoms with E-state index in [1.54, 1.807) is 6.07 Å². The second kappa shape index (κ2) is 11.2. The number of phenolic OH excluding ortho intramolecular Hbond substituents is 1. The Morgan fingerprint density at radius 2 is 1.43 bits per heavy atom. The van der Waals surface area contributed by atoms with E-state index in [0.717, 1.165) is 44.5 Å². The van der Waals surface area contributed by atoms with Crippen LogP contribution in [-0.2, 0) is 5.41 Å². The summed E-state index contributed by atoms with van der Waals surface area (Å²) in [4.78, 5) is 2.51. The molecule has 0 aromatic heterocycles. The second-order valence-corrected chi connectivity index (χ2v) is 10.7. The number of benzene rings is 3. The number of piperidine rings is 1. The number of phenols is 1. The van der Waals surface area contributed by atoms with Gasteiger partial charge in [-0.15, -0.1) is 0 Å². The average molecular weight is 470 g/mol. The van der Waals surface area contributed by atoms with Crippen molar-refractivity contribution >= 4 is 5.57 Å². The largest absolute Gasteiger partial charge is 0.508 e. The van der Waals surface area contributed by atoms with Crippen LogP contribution in [0.25, 0.3) is 5.57 Å². The predicted octanol–water partition coefficient (Wildman–Crippen LogP) is 7.10. The van der Waals surface area contributed by atoms with Gasteiger partial charge in [-0.05, 0) is 66.0 Å². The summed E-state index contributed by atoms with van der Waals surface area (Å²) >= 11 is 0. The zero-order chi connectivity index (χ0) is 24.8. The van der Waals surface area contributed by atoms with Gasteiger partial charge in [-0.25, -0.2) is 0 Å². The lowest BCUT2D eigenvalue weighted by atomic mass is 9.86. The molecule has 3 aromatic rings. The van der Waals surface area contributed by atoms with E-state index in [-0.39, 0.29) is 11.2 Å². The number of aliphatic hydroxyl groups excluding tert-OH is 1. The first-order valence-electron chi connectivity index (χ1n) is 12.9. The molecule has 3 heteroatoms. The van der Waals surface area contributed by atoms with Crippen LogP contribution in [-0.4, -0.2) is 34.7 Å². The lowest BCUT2D eigenvalue weighted by Crippen LogP contribution is -2.32. The number of likely N-dealkylation sites (tertiary alicyclic amines) is 1. The molecule has 35 heavy (non-hydrogen) atoms. The molecule has 1 heterocycles. The van der Waals surface area contributed by atoms with Crippen molar-refractivity contribution in [2.75, 3.05) is 19.6 Å². The van der Waals surface area contributed by atoms with E-state index in [1.165, 1.54) is 22.3 Å². The Hall–Kier alpha value is -2.88. The summed E-state index contributed by atoms with van der Waals surface area (Å²) in [5, 5.41) is 21.2. The zero-order valence-corrected chi connectivity index (χ0v) is 21.4. The third kappa shape index (κ3) is 6.42. The molecule has 3 nitrogen and oxygen atoms in total. The quantitative estimate of drug-likeness (QED) is 0.388. The minimum atomic E-state index is -0.632. The molecule has 1 atom stereocenters. The second-order valence-electron chi connectivity index (χ2n) is 10.7. The van der Waals surface area contributed by atoms with Crippen molar-refractivity contribution in [1.82, 2.24) is 4.90 Å². The Morgan fingerprint density at radius 3 is 1.94 bits per heavy atom. The topological polar surface area (TPSA) is 43.7 Å². The molecule has 4 rings (SSSR count). The highest BCUT2D eigenvalue weighted by Gasteiger charge is 2.21. The van der Waals surface area contributed by atoms with E-state index in [0.29, 0.717) is 12.0 Å². The molecule has 0 bridgehead atoms. The molecule has 1 saturated heterocycles. The van der Waals surface area contributed by atoms with Gasteiger partial charge in [0.05, 0.1) is 6.10 Å². The molecule has 0 spiro atoms. The van der Waals surface area contributed by atoms with E-state index in [1.807, 2.05) is 12.1 Å². The molecular formula is C32H39NO2. The van der Waals surface area contributed by atoms with Gasteiger partial charge in [0.25, 0.3) is 0 Å². The Balaban J connectivity index is 1.35. The van der Waals surface area contributed by atoms with Crippen LogP contribution in [0.5, 0.6) is 5.75 Å². The molecule has 0 amide bonds. The van der Waals surface area contributed by atoms with E-state index in [2.05, 4.69) is 86.3 Å². The fourth-order valence-electron chi connectivity index (χ4n) is 5.04. The third-order valence-corrected chi connectivity index (χ3v) is 7.15. The van der Waals surface area contributed by atoms with Crippen LogP contribution >= 0.6 is 0 Å². The Labute approximate surface area is 210 Å². The smallest absolute Gasteiger partial charge is 0.121 e. The normalized spacial score (nSPS) is 15.7. The molecule has 3 aromatic carbocycles. The van der Waals surface area contributed by atoms with Crippen LogP contribution in [0, 0.1) is 0 Å². The summed E-state index contributed by atoms with van der Waals surface area (Å²) < 4.78 is 0. The molecule has 184 valence electrons. The minimum absolute atomic E-state index is 0.0244. The van der Waals surface area contributed by atoms with E-state index < -0.39 is 6.10 Å². The lowest BCUT2D eigenvalue weighted by Gasteiger charge is -2.30. The van der Waals surface area contributed by atoms with Gasteiger partial charge in [0.15, 0.2) is 0 Å². The molecule has 1 fully saturated rings. The molecule has 0 saturated carbocycles. The van der Waals surface area contributed by atoms with Gasteiger partial charge in [-0.2, -0.15) is 0 Å². The molecular weight excluding hydrogens is 430 g/mol. The Bertz CT molecular complexity index is 1080. The third-order valence-electron chi connectivity index (χ3n) is 7.15. The maximum absolute atomic E-state index is 10.7. The molecule has 0 radical (unpaired) electrons. The van der Waals surface area contributed by atoms with Crippen molar-refractivity contribution in [3.8, 4) is 5.75 Å². The van der Waals surface area contributed by atoms with Crippen molar-refractivity contribution in [1.29, 1.82) is 0 Å². The van der Waals surface area contributed by atoms with Crippen molar-refractivity contribution in [2.45, 2.75) is 58.0 Å². The fourth-order valence-corrected chi connectivity index (χ4v) is 5.04. The first-order chi connectivity index (χ1) is 16.8. The summed E-state index contributed by atoms with van der Waals surface area (Å²) in [6.45, 7) is 9.43. The lowest BCUT2D eigenvalue weighted by molar-refractivity contribution is 0.150. The number of aliphatic hydroxyl groups is 1. The molecule has 1 unspecified atom stereocenters. The highest BCUT2D eigenvalue weighted by Crippen LogP contribution is 2.34. The van der Waals surface area contributed by atoms with Gasteiger partial charge >= 0.3 is 0 Å².